The third-order valence-electron chi connectivity index (χ3n) is 2.64. The van der Waals surface area contributed by atoms with Crippen LogP contribution in [0.15, 0.2) is 42.5 Å². The van der Waals surface area contributed by atoms with Crippen LogP contribution in [0.25, 0.3) is 0 Å². The number of anilines is 1. The molecule has 1 aromatic heterocycles. The lowest BCUT2D eigenvalue weighted by molar-refractivity contribution is 0.0946. The molecule has 6 heteroatoms. The van der Waals surface area contributed by atoms with E-state index in [0.29, 0.717) is 17.9 Å². The van der Waals surface area contributed by atoms with Crippen molar-refractivity contribution in [1.29, 1.82) is 5.26 Å². The fraction of sp³-hybridized carbons (Fsp3) is 0.0714. The Morgan fingerprint density at radius 3 is 2.85 bits per heavy atom. The maximum Gasteiger partial charge on any atom is 0.270 e. The van der Waals surface area contributed by atoms with E-state index in [-0.39, 0.29) is 11.6 Å². The fourth-order valence-corrected chi connectivity index (χ4v) is 1.67. The van der Waals surface area contributed by atoms with Gasteiger partial charge in [-0.3, -0.25) is 4.79 Å². The molecular weight excluding hydrogens is 254 g/mol. The molecule has 6 nitrogen and oxygen atoms in total. The zero-order valence-electron chi connectivity index (χ0n) is 10.6. The summed E-state index contributed by atoms with van der Waals surface area (Å²) in [6, 6.07) is 14.1. The van der Waals surface area contributed by atoms with Crippen LogP contribution in [0.3, 0.4) is 0 Å². The number of pyridine rings is 1. The maximum atomic E-state index is 11.9. The van der Waals surface area contributed by atoms with Gasteiger partial charge in [0.15, 0.2) is 0 Å². The molecule has 1 aromatic carbocycles. The Labute approximate surface area is 116 Å². The summed E-state index contributed by atoms with van der Waals surface area (Å²) in [5, 5.41) is 11.5. The highest BCUT2D eigenvalue weighted by atomic mass is 16.1. The van der Waals surface area contributed by atoms with E-state index < -0.39 is 0 Å². The molecule has 0 atom stereocenters. The summed E-state index contributed by atoms with van der Waals surface area (Å²) in [6.07, 6.45) is 0. The van der Waals surface area contributed by atoms with E-state index in [1.807, 2.05) is 6.07 Å². The molecule has 0 unspecified atom stereocenters. The Morgan fingerprint density at radius 1 is 1.30 bits per heavy atom. The van der Waals surface area contributed by atoms with Crippen LogP contribution in [0, 0.1) is 11.3 Å². The Hall–Kier alpha value is -2.91. The van der Waals surface area contributed by atoms with Gasteiger partial charge in [0.05, 0.1) is 11.6 Å². The molecular formula is C14H13N5O. The van der Waals surface area contributed by atoms with Crippen molar-refractivity contribution in [3.8, 4) is 6.07 Å². The number of benzene rings is 1. The highest BCUT2D eigenvalue weighted by Gasteiger charge is 2.07. The Kier molecular flexibility index (Phi) is 4.27. The van der Waals surface area contributed by atoms with Gasteiger partial charge in [0.1, 0.15) is 11.5 Å². The zero-order chi connectivity index (χ0) is 14.4. The third-order valence-corrected chi connectivity index (χ3v) is 2.64. The minimum absolute atomic E-state index is 0.275. The standard InChI is InChI=1S/C14H13N5O/c15-8-10-3-1-4-11(7-10)9-17-14(20)12-5-2-6-13(18-12)19-16/h1-7H,9,16H2,(H,17,20)(H,18,19). The first-order chi connectivity index (χ1) is 9.72. The number of aromatic nitrogens is 1. The summed E-state index contributed by atoms with van der Waals surface area (Å²) >= 11 is 0. The minimum atomic E-state index is -0.301. The summed E-state index contributed by atoms with van der Waals surface area (Å²) in [5.74, 6) is 5.36. The van der Waals surface area contributed by atoms with Crippen molar-refractivity contribution in [2.75, 3.05) is 5.43 Å². The number of amides is 1. The molecule has 4 N–H and O–H groups in total. The molecule has 0 bridgehead atoms. The summed E-state index contributed by atoms with van der Waals surface area (Å²) in [4.78, 5) is 16.0. The second-order valence-corrected chi connectivity index (χ2v) is 4.05. The number of carbonyl (C=O) groups excluding carboxylic acids is 1. The van der Waals surface area contributed by atoms with Crippen LogP contribution in [0.2, 0.25) is 0 Å². The number of nitrogen functional groups attached to an aromatic ring is 1. The number of rotatable bonds is 4. The highest BCUT2D eigenvalue weighted by Crippen LogP contribution is 2.06. The van der Waals surface area contributed by atoms with E-state index in [1.54, 1.807) is 36.4 Å². The molecule has 0 aliphatic heterocycles. The molecule has 0 fully saturated rings. The number of nitrogens with zero attached hydrogens (tertiary/aromatic N) is 2. The van der Waals surface area contributed by atoms with Gasteiger partial charge in [0.25, 0.3) is 5.91 Å². The number of hydrazine groups is 1. The van der Waals surface area contributed by atoms with E-state index in [1.165, 1.54) is 0 Å². The first-order valence-electron chi connectivity index (χ1n) is 5.94. The lowest BCUT2D eigenvalue weighted by Crippen LogP contribution is -2.24. The summed E-state index contributed by atoms with van der Waals surface area (Å²) < 4.78 is 0. The normalized spacial score (nSPS) is 9.60. The quantitative estimate of drug-likeness (QED) is 0.570. The average Bonchev–Trinajstić information content (AvgIpc) is 2.52. The number of hydrogen-bond donors (Lipinski definition) is 3. The van der Waals surface area contributed by atoms with E-state index in [4.69, 9.17) is 11.1 Å². The largest absolute Gasteiger partial charge is 0.347 e. The second kappa shape index (κ2) is 6.31. The summed E-state index contributed by atoms with van der Waals surface area (Å²) in [7, 11) is 0. The van der Waals surface area contributed by atoms with Gasteiger partial charge < -0.3 is 10.7 Å². The van der Waals surface area contributed by atoms with Gasteiger partial charge in [0, 0.05) is 6.54 Å². The SMILES string of the molecule is N#Cc1cccc(CNC(=O)c2cccc(NN)n2)c1. The zero-order valence-corrected chi connectivity index (χ0v) is 10.6. The Bertz CT molecular complexity index is 663. The van der Waals surface area contributed by atoms with Gasteiger partial charge in [-0.2, -0.15) is 5.26 Å². The summed E-state index contributed by atoms with van der Waals surface area (Å²) in [6.45, 7) is 0.330. The van der Waals surface area contributed by atoms with Crippen molar-refractivity contribution in [1.82, 2.24) is 10.3 Å². The van der Waals surface area contributed by atoms with Crippen LogP contribution in [0.4, 0.5) is 5.82 Å². The molecule has 20 heavy (non-hydrogen) atoms. The van der Waals surface area contributed by atoms with Gasteiger partial charge in [-0.25, -0.2) is 10.8 Å². The van der Waals surface area contributed by atoms with Crippen molar-refractivity contribution < 1.29 is 4.79 Å². The van der Waals surface area contributed by atoms with Crippen LogP contribution < -0.4 is 16.6 Å². The van der Waals surface area contributed by atoms with Crippen molar-refractivity contribution in [3.63, 3.8) is 0 Å². The smallest absolute Gasteiger partial charge is 0.270 e. The van der Waals surface area contributed by atoms with Crippen LogP contribution in [-0.2, 0) is 6.54 Å². The molecule has 2 rings (SSSR count). The van der Waals surface area contributed by atoms with Gasteiger partial charge in [-0.05, 0) is 29.8 Å². The predicted octanol–water partition coefficient (Wildman–Crippen LogP) is 1.17. The first-order valence-corrected chi connectivity index (χ1v) is 5.94. The van der Waals surface area contributed by atoms with Crippen LogP contribution in [0.1, 0.15) is 21.6 Å². The van der Waals surface area contributed by atoms with Crippen molar-refractivity contribution in [2.24, 2.45) is 5.84 Å². The van der Waals surface area contributed by atoms with Crippen molar-refractivity contribution in [2.45, 2.75) is 6.54 Å². The van der Waals surface area contributed by atoms with Crippen LogP contribution >= 0.6 is 0 Å². The molecule has 100 valence electrons. The first kappa shape index (κ1) is 13.5. The van der Waals surface area contributed by atoms with E-state index in [2.05, 4.69) is 21.8 Å². The second-order valence-electron chi connectivity index (χ2n) is 4.05. The number of nitriles is 1. The van der Waals surface area contributed by atoms with E-state index in [0.717, 1.165) is 5.56 Å². The number of nitrogens with one attached hydrogen (secondary N) is 2. The Balaban J connectivity index is 2.03. The van der Waals surface area contributed by atoms with Gasteiger partial charge in [0.2, 0.25) is 0 Å². The van der Waals surface area contributed by atoms with Gasteiger partial charge >= 0.3 is 0 Å². The third kappa shape index (κ3) is 3.31. The molecule has 0 spiro atoms. The maximum absolute atomic E-state index is 11.9. The Morgan fingerprint density at radius 2 is 2.10 bits per heavy atom. The number of carbonyl (C=O) groups is 1. The van der Waals surface area contributed by atoms with Crippen LogP contribution in [0.5, 0.6) is 0 Å². The van der Waals surface area contributed by atoms with Crippen molar-refractivity contribution in [3.05, 3.63) is 59.3 Å². The van der Waals surface area contributed by atoms with E-state index in [9.17, 15) is 4.79 Å². The van der Waals surface area contributed by atoms with Crippen LogP contribution in [-0.4, -0.2) is 10.9 Å². The molecule has 1 amide bonds. The summed E-state index contributed by atoms with van der Waals surface area (Å²) in [5.41, 5.74) is 4.07. The lowest BCUT2D eigenvalue weighted by Gasteiger charge is -2.06. The molecule has 0 saturated carbocycles. The monoisotopic (exact) mass is 267 g/mol. The topological polar surface area (TPSA) is 104 Å². The van der Waals surface area contributed by atoms with Gasteiger partial charge in [-0.1, -0.05) is 18.2 Å². The molecule has 1 heterocycles. The molecule has 0 aliphatic rings. The lowest BCUT2D eigenvalue weighted by atomic mass is 10.1. The van der Waals surface area contributed by atoms with Gasteiger partial charge in [-0.15, -0.1) is 0 Å². The van der Waals surface area contributed by atoms with E-state index >= 15 is 0 Å². The number of nitrogens with two attached hydrogens (primary N) is 1. The minimum Gasteiger partial charge on any atom is -0.347 e. The van der Waals surface area contributed by atoms with Crippen molar-refractivity contribution >= 4 is 11.7 Å². The predicted molar refractivity (Wildman–Crippen MR) is 74.4 cm³/mol. The molecule has 0 radical (unpaired) electrons. The molecule has 2 aromatic rings. The fourth-order valence-electron chi connectivity index (χ4n) is 1.67. The molecule has 0 saturated heterocycles. The highest BCUT2D eigenvalue weighted by molar-refractivity contribution is 5.92. The number of hydrogen-bond acceptors (Lipinski definition) is 5. The average molecular weight is 267 g/mol. The molecule has 0 aliphatic carbocycles.